The molecule has 2 aromatic rings. The highest BCUT2D eigenvalue weighted by atomic mass is 79.9. The molecule has 0 aliphatic heterocycles. The van der Waals surface area contributed by atoms with Crippen LogP contribution in [0.25, 0.3) is 0 Å². The van der Waals surface area contributed by atoms with Crippen LogP contribution in [0.2, 0.25) is 0 Å². The third-order valence-electron chi connectivity index (χ3n) is 3.07. The van der Waals surface area contributed by atoms with Gasteiger partial charge < -0.3 is 5.32 Å². The van der Waals surface area contributed by atoms with Crippen LogP contribution in [0, 0.1) is 0 Å². The maximum Gasteiger partial charge on any atom is 0.0419 e. The van der Waals surface area contributed by atoms with Crippen LogP contribution in [-0.4, -0.2) is 17.6 Å². The number of nitrogens with zero attached hydrogens (tertiary/aromatic N) is 1. The van der Waals surface area contributed by atoms with Crippen LogP contribution in [0.1, 0.15) is 18.2 Å². The molecule has 0 saturated heterocycles. The van der Waals surface area contributed by atoms with Gasteiger partial charge in [0.25, 0.3) is 0 Å². The van der Waals surface area contributed by atoms with Gasteiger partial charge in [0.2, 0.25) is 0 Å². The Morgan fingerprint density at radius 1 is 1.11 bits per heavy atom. The van der Waals surface area contributed by atoms with Crippen LogP contribution < -0.4 is 5.32 Å². The molecular formula is C16H19BrN2. The molecule has 19 heavy (non-hydrogen) atoms. The maximum absolute atomic E-state index is 4.41. The number of rotatable bonds is 6. The molecule has 0 aliphatic carbocycles. The van der Waals surface area contributed by atoms with Crippen molar-refractivity contribution in [2.45, 2.75) is 25.8 Å². The lowest BCUT2D eigenvalue weighted by molar-refractivity contribution is 0.516. The highest BCUT2D eigenvalue weighted by Gasteiger charge is 2.10. The Labute approximate surface area is 123 Å². The minimum atomic E-state index is 0.432. The Hall–Kier alpha value is -1.19. The van der Waals surface area contributed by atoms with Crippen molar-refractivity contribution in [1.82, 2.24) is 10.3 Å². The predicted molar refractivity (Wildman–Crippen MR) is 83.3 cm³/mol. The summed E-state index contributed by atoms with van der Waals surface area (Å²) in [5.41, 5.74) is 2.50. The van der Waals surface area contributed by atoms with Crippen molar-refractivity contribution in [3.8, 4) is 0 Å². The fourth-order valence-corrected chi connectivity index (χ4v) is 2.45. The average Bonchev–Trinajstić information content (AvgIpc) is 2.43. The van der Waals surface area contributed by atoms with E-state index in [0.717, 1.165) is 29.6 Å². The van der Waals surface area contributed by atoms with Gasteiger partial charge in [0.1, 0.15) is 0 Å². The molecule has 0 bridgehead atoms. The van der Waals surface area contributed by atoms with E-state index in [-0.39, 0.29) is 0 Å². The summed E-state index contributed by atoms with van der Waals surface area (Å²) in [6, 6.07) is 15.1. The van der Waals surface area contributed by atoms with Crippen molar-refractivity contribution in [3.05, 3.63) is 64.4 Å². The van der Waals surface area contributed by atoms with Gasteiger partial charge in [0, 0.05) is 28.8 Å². The minimum absolute atomic E-state index is 0.432. The quantitative estimate of drug-likeness (QED) is 0.880. The zero-order valence-corrected chi connectivity index (χ0v) is 12.7. The smallest absolute Gasteiger partial charge is 0.0419 e. The van der Waals surface area contributed by atoms with E-state index < -0.39 is 0 Å². The number of pyridine rings is 1. The van der Waals surface area contributed by atoms with E-state index in [1.807, 2.05) is 18.3 Å². The SMILES string of the molecule is CCNC(Cc1ccc(Br)cc1)Cc1ccccn1. The molecule has 3 heteroatoms. The molecule has 0 fully saturated rings. The van der Waals surface area contributed by atoms with Gasteiger partial charge in [-0.15, -0.1) is 0 Å². The number of nitrogens with one attached hydrogen (secondary N) is 1. The first-order chi connectivity index (χ1) is 9.28. The summed E-state index contributed by atoms with van der Waals surface area (Å²) < 4.78 is 1.13. The lowest BCUT2D eigenvalue weighted by Crippen LogP contribution is -2.33. The maximum atomic E-state index is 4.41. The fraction of sp³-hybridized carbons (Fsp3) is 0.312. The lowest BCUT2D eigenvalue weighted by Gasteiger charge is -2.17. The second-order valence-corrected chi connectivity index (χ2v) is 5.53. The summed E-state index contributed by atoms with van der Waals surface area (Å²) in [6.45, 7) is 3.13. The highest BCUT2D eigenvalue weighted by molar-refractivity contribution is 9.10. The average molecular weight is 319 g/mol. The number of hydrogen-bond acceptors (Lipinski definition) is 2. The van der Waals surface area contributed by atoms with E-state index >= 15 is 0 Å². The molecule has 1 aromatic carbocycles. The van der Waals surface area contributed by atoms with Crippen molar-refractivity contribution in [2.75, 3.05) is 6.54 Å². The molecule has 2 rings (SSSR count). The van der Waals surface area contributed by atoms with E-state index in [4.69, 9.17) is 0 Å². The summed E-state index contributed by atoms with van der Waals surface area (Å²) >= 11 is 3.47. The third-order valence-corrected chi connectivity index (χ3v) is 3.60. The molecule has 0 saturated carbocycles. The first-order valence-electron chi connectivity index (χ1n) is 6.65. The molecule has 0 aliphatic rings. The van der Waals surface area contributed by atoms with Crippen LogP contribution in [0.4, 0.5) is 0 Å². The van der Waals surface area contributed by atoms with Crippen LogP contribution in [-0.2, 0) is 12.8 Å². The van der Waals surface area contributed by atoms with Gasteiger partial charge in [0.05, 0.1) is 0 Å². The van der Waals surface area contributed by atoms with E-state index in [9.17, 15) is 0 Å². The summed E-state index contributed by atoms with van der Waals surface area (Å²) in [6.07, 6.45) is 3.85. The van der Waals surface area contributed by atoms with E-state index in [1.54, 1.807) is 0 Å². The molecule has 1 N–H and O–H groups in total. The number of hydrogen-bond donors (Lipinski definition) is 1. The fourth-order valence-electron chi connectivity index (χ4n) is 2.18. The molecule has 1 aromatic heterocycles. The summed E-state index contributed by atoms with van der Waals surface area (Å²) in [4.78, 5) is 4.41. The first-order valence-corrected chi connectivity index (χ1v) is 7.45. The van der Waals surface area contributed by atoms with Crippen LogP contribution >= 0.6 is 15.9 Å². The largest absolute Gasteiger partial charge is 0.314 e. The number of benzene rings is 1. The molecule has 0 radical (unpaired) electrons. The zero-order valence-electron chi connectivity index (χ0n) is 11.1. The molecule has 1 unspecified atom stereocenters. The Kier molecular flexibility index (Phi) is 5.55. The Bertz CT molecular complexity index is 482. The van der Waals surface area contributed by atoms with Gasteiger partial charge in [-0.2, -0.15) is 0 Å². The first kappa shape index (κ1) is 14.2. The Balaban J connectivity index is 2.01. The molecule has 0 amide bonds. The van der Waals surface area contributed by atoms with Gasteiger partial charge >= 0.3 is 0 Å². The number of aromatic nitrogens is 1. The standard InChI is InChI=1S/C16H19BrN2/c1-2-18-16(12-15-5-3-4-10-19-15)11-13-6-8-14(17)9-7-13/h3-10,16,18H,2,11-12H2,1H3. The summed E-state index contributed by atoms with van der Waals surface area (Å²) in [5.74, 6) is 0. The van der Waals surface area contributed by atoms with Gasteiger partial charge in [-0.1, -0.05) is 41.1 Å². The van der Waals surface area contributed by atoms with Crippen molar-refractivity contribution in [1.29, 1.82) is 0 Å². The van der Waals surface area contributed by atoms with Crippen molar-refractivity contribution < 1.29 is 0 Å². The summed E-state index contributed by atoms with van der Waals surface area (Å²) in [5, 5.41) is 3.54. The number of likely N-dealkylation sites (N-methyl/N-ethyl adjacent to an activating group) is 1. The second kappa shape index (κ2) is 7.41. The van der Waals surface area contributed by atoms with Crippen LogP contribution in [0.3, 0.4) is 0 Å². The Morgan fingerprint density at radius 2 is 1.89 bits per heavy atom. The zero-order chi connectivity index (χ0) is 13.5. The minimum Gasteiger partial charge on any atom is -0.314 e. The third kappa shape index (κ3) is 4.77. The Morgan fingerprint density at radius 3 is 2.53 bits per heavy atom. The van der Waals surface area contributed by atoms with E-state index in [2.05, 4.69) is 63.5 Å². The molecule has 1 heterocycles. The van der Waals surface area contributed by atoms with Crippen molar-refractivity contribution in [3.63, 3.8) is 0 Å². The van der Waals surface area contributed by atoms with Crippen molar-refractivity contribution in [2.24, 2.45) is 0 Å². The van der Waals surface area contributed by atoms with E-state index in [0.29, 0.717) is 6.04 Å². The molecule has 0 spiro atoms. The normalized spacial score (nSPS) is 12.3. The van der Waals surface area contributed by atoms with Gasteiger partial charge in [-0.05, 0) is 42.8 Å². The van der Waals surface area contributed by atoms with Crippen molar-refractivity contribution >= 4 is 15.9 Å². The summed E-state index contributed by atoms with van der Waals surface area (Å²) in [7, 11) is 0. The van der Waals surface area contributed by atoms with Crippen LogP contribution in [0.5, 0.6) is 0 Å². The molecule has 1 atom stereocenters. The number of halogens is 1. The van der Waals surface area contributed by atoms with E-state index in [1.165, 1.54) is 5.56 Å². The topological polar surface area (TPSA) is 24.9 Å². The molecular weight excluding hydrogens is 300 g/mol. The van der Waals surface area contributed by atoms with Gasteiger partial charge in [-0.3, -0.25) is 4.98 Å². The second-order valence-electron chi connectivity index (χ2n) is 4.61. The monoisotopic (exact) mass is 318 g/mol. The van der Waals surface area contributed by atoms with Gasteiger partial charge in [-0.25, -0.2) is 0 Å². The molecule has 100 valence electrons. The van der Waals surface area contributed by atoms with Crippen LogP contribution in [0.15, 0.2) is 53.1 Å². The lowest BCUT2D eigenvalue weighted by atomic mass is 10.0. The predicted octanol–water partition coefficient (Wildman–Crippen LogP) is 3.61. The highest BCUT2D eigenvalue weighted by Crippen LogP contribution is 2.13. The molecule has 2 nitrogen and oxygen atoms in total. The van der Waals surface area contributed by atoms with Gasteiger partial charge in [0.15, 0.2) is 0 Å².